The molecule has 0 unspecified atom stereocenters. The first-order chi connectivity index (χ1) is 16.7. The zero-order chi connectivity index (χ0) is 23.1. The molecule has 0 bridgehead atoms. The van der Waals surface area contributed by atoms with Gasteiger partial charge in [-0.3, -0.25) is 0 Å². The van der Waals surface area contributed by atoms with Crippen LogP contribution in [0.2, 0.25) is 0 Å². The molecule has 0 saturated carbocycles. The molecule has 0 fully saturated rings. The van der Waals surface area contributed by atoms with Gasteiger partial charge in [0.2, 0.25) is 5.95 Å². The Balaban J connectivity index is 1.36. The van der Waals surface area contributed by atoms with Crippen LogP contribution in [0.4, 0.5) is 16.2 Å². The second-order valence-electron chi connectivity index (χ2n) is 8.30. The SMILES string of the molecule is CCNc1nc2ccc(-c3ccc4c(c3)CN(c3ncnc5cc(F)ccc35)CCO4)cc2[nH]1. The average molecular weight is 455 g/mol. The number of ether oxygens (including phenoxy) is 1. The highest BCUT2D eigenvalue weighted by Crippen LogP contribution is 2.33. The molecule has 0 aliphatic carbocycles. The van der Waals surface area contributed by atoms with E-state index >= 15 is 0 Å². The van der Waals surface area contributed by atoms with Gasteiger partial charge in [-0.2, -0.15) is 0 Å². The molecule has 3 heterocycles. The van der Waals surface area contributed by atoms with Gasteiger partial charge in [-0.15, -0.1) is 0 Å². The van der Waals surface area contributed by atoms with E-state index in [1.54, 1.807) is 6.07 Å². The molecule has 3 aromatic carbocycles. The smallest absolute Gasteiger partial charge is 0.201 e. The molecule has 0 amide bonds. The molecule has 34 heavy (non-hydrogen) atoms. The molecule has 0 atom stereocenters. The van der Waals surface area contributed by atoms with Crippen molar-refractivity contribution < 1.29 is 9.13 Å². The van der Waals surface area contributed by atoms with Gasteiger partial charge in [-0.1, -0.05) is 12.1 Å². The Hall–Kier alpha value is -4.20. The van der Waals surface area contributed by atoms with Crippen molar-refractivity contribution in [2.45, 2.75) is 13.5 Å². The minimum Gasteiger partial charge on any atom is -0.491 e. The number of fused-ring (bicyclic) bond motifs is 3. The van der Waals surface area contributed by atoms with E-state index in [9.17, 15) is 4.39 Å². The van der Waals surface area contributed by atoms with E-state index in [1.165, 1.54) is 18.5 Å². The third-order valence-corrected chi connectivity index (χ3v) is 6.08. The Morgan fingerprint density at radius 3 is 2.82 bits per heavy atom. The van der Waals surface area contributed by atoms with Crippen LogP contribution in [0.25, 0.3) is 33.1 Å². The Labute approximate surface area is 195 Å². The van der Waals surface area contributed by atoms with E-state index in [2.05, 4.69) is 54.4 Å². The van der Waals surface area contributed by atoms with Gasteiger partial charge in [-0.25, -0.2) is 19.3 Å². The van der Waals surface area contributed by atoms with Crippen molar-refractivity contribution in [1.29, 1.82) is 0 Å². The fraction of sp³-hybridized carbons (Fsp3) is 0.192. The molecule has 0 spiro atoms. The summed E-state index contributed by atoms with van der Waals surface area (Å²) in [6.07, 6.45) is 1.49. The number of H-pyrrole nitrogens is 1. The van der Waals surface area contributed by atoms with Crippen molar-refractivity contribution in [3.63, 3.8) is 0 Å². The topological polar surface area (TPSA) is 79.0 Å². The van der Waals surface area contributed by atoms with E-state index in [0.717, 1.165) is 57.2 Å². The van der Waals surface area contributed by atoms with Gasteiger partial charge in [0.25, 0.3) is 0 Å². The highest BCUT2D eigenvalue weighted by atomic mass is 19.1. The number of aromatic nitrogens is 4. The molecule has 1 aliphatic heterocycles. The molecule has 0 radical (unpaired) electrons. The zero-order valence-electron chi connectivity index (χ0n) is 18.7. The first kappa shape index (κ1) is 20.4. The van der Waals surface area contributed by atoms with Crippen LogP contribution in [0, 0.1) is 5.82 Å². The van der Waals surface area contributed by atoms with E-state index < -0.39 is 0 Å². The third-order valence-electron chi connectivity index (χ3n) is 6.08. The summed E-state index contributed by atoms with van der Waals surface area (Å²) >= 11 is 0. The largest absolute Gasteiger partial charge is 0.491 e. The van der Waals surface area contributed by atoms with Crippen molar-refractivity contribution in [2.75, 3.05) is 29.9 Å². The maximum atomic E-state index is 13.7. The Morgan fingerprint density at radius 1 is 1.03 bits per heavy atom. The van der Waals surface area contributed by atoms with Gasteiger partial charge in [0.1, 0.15) is 30.3 Å². The second-order valence-corrected chi connectivity index (χ2v) is 8.30. The lowest BCUT2D eigenvalue weighted by molar-refractivity contribution is 0.331. The number of nitrogens with one attached hydrogen (secondary N) is 2. The van der Waals surface area contributed by atoms with Crippen LogP contribution in [0.3, 0.4) is 0 Å². The number of rotatable bonds is 4. The molecule has 7 nitrogen and oxygen atoms in total. The second kappa shape index (κ2) is 8.30. The number of nitrogens with zero attached hydrogens (tertiary/aromatic N) is 4. The highest BCUT2D eigenvalue weighted by molar-refractivity contribution is 5.89. The van der Waals surface area contributed by atoms with Crippen molar-refractivity contribution in [3.8, 4) is 16.9 Å². The first-order valence-corrected chi connectivity index (χ1v) is 11.3. The minimum absolute atomic E-state index is 0.307. The fourth-order valence-corrected chi connectivity index (χ4v) is 4.46. The summed E-state index contributed by atoms with van der Waals surface area (Å²) in [5.74, 6) is 2.12. The predicted octanol–water partition coefficient (Wildman–Crippen LogP) is 5.14. The van der Waals surface area contributed by atoms with E-state index in [0.29, 0.717) is 25.2 Å². The summed E-state index contributed by atoms with van der Waals surface area (Å²) in [5, 5.41) is 4.04. The normalized spacial score (nSPS) is 13.5. The molecule has 6 rings (SSSR count). The van der Waals surface area contributed by atoms with Crippen LogP contribution in [0.5, 0.6) is 5.75 Å². The molecular weight excluding hydrogens is 431 g/mol. The summed E-state index contributed by atoms with van der Waals surface area (Å²) in [6, 6.07) is 17.1. The molecular formula is C26H23FN6O. The number of benzene rings is 3. The quantitative estimate of drug-likeness (QED) is 0.391. The predicted molar refractivity (Wildman–Crippen MR) is 132 cm³/mol. The van der Waals surface area contributed by atoms with Crippen molar-refractivity contribution in [1.82, 2.24) is 19.9 Å². The van der Waals surface area contributed by atoms with Gasteiger partial charge in [0, 0.05) is 30.1 Å². The van der Waals surface area contributed by atoms with Crippen LogP contribution >= 0.6 is 0 Å². The molecule has 8 heteroatoms. The van der Waals surface area contributed by atoms with Crippen LogP contribution in [-0.4, -0.2) is 39.6 Å². The lowest BCUT2D eigenvalue weighted by atomic mass is 10.0. The number of anilines is 2. The van der Waals surface area contributed by atoms with Crippen molar-refractivity contribution in [2.24, 2.45) is 0 Å². The number of aromatic amines is 1. The first-order valence-electron chi connectivity index (χ1n) is 11.3. The average Bonchev–Trinajstić information content (AvgIpc) is 3.13. The van der Waals surface area contributed by atoms with Gasteiger partial charge in [-0.05, 0) is 54.4 Å². The highest BCUT2D eigenvalue weighted by Gasteiger charge is 2.20. The third kappa shape index (κ3) is 3.67. The molecule has 2 N–H and O–H groups in total. The maximum absolute atomic E-state index is 13.7. The van der Waals surface area contributed by atoms with Crippen LogP contribution in [0.15, 0.2) is 60.9 Å². The monoisotopic (exact) mass is 454 g/mol. The number of imidazole rings is 1. The van der Waals surface area contributed by atoms with Crippen LogP contribution in [0.1, 0.15) is 12.5 Å². The van der Waals surface area contributed by atoms with Gasteiger partial charge >= 0.3 is 0 Å². The molecule has 1 aliphatic rings. The Kier molecular flexibility index (Phi) is 4.98. The van der Waals surface area contributed by atoms with E-state index in [-0.39, 0.29) is 5.82 Å². The Morgan fingerprint density at radius 2 is 1.91 bits per heavy atom. The molecule has 5 aromatic rings. The fourth-order valence-electron chi connectivity index (χ4n) is 4.46. The number of halogens is 1. The summed E-state index contributed by atoms with van der Waals surface area (Å²) < 4.78 is 19.8. The van der Waals surface area contributed by atoms with Crippen molar-refractivity contribution >= 4 is 33.7 Å². The zero-order valence-corrected chi connectivity index (χ0v) is 18.7. The lowest BCUT2D eigenvalue weighted by Gasteiger charge is -2.22. The van der Waals surface area contributed by atoms with Crippen LogP contribution < -0.4 is 15.0 Å². The molecule has 2 aromatic heterocycles. The van der Waals surface area contributed by atoms with Gasteiger partial charge < -0.3 is 19.9 Å². The summed E-state index contributed by atoms with van der Waals surface area (Å²) in [5.41, 5.74) is 5.77. The molecule has 170 valence electrons. The van der Waals surface area contributed by atoms with Crippen LogP contribution in [-0.2, 0) is 6.54 Å². The standard InChI is InChI=1S/C26H23FN6O/c1-2-28-26-31-21-7-3-17(12-23(21)32-26)16-4-8-24-18(11-16)14-33(9-10-34-24)25-20-6-5-19(27)13-22(20)29-15-30-25/h3-8,11-13,15H,2,9-10,14H2,1H3,(H2,28,31,32). The summed E-state index contributed by atoms with van der Waals surface area (Å²) in [6.45, 7) is 4.68. The summed E-state index contributed by atoms with van der Waals surface area (Å²) in [4.78, 5) is 18.8. The lowest BCUT2D eigenvalue weighted by Crippen LogP contribution is -2.26. The van der Waals surface area contributed by atoms with E-state index in [1.807, 2.05) is 19.1 Å². The number of hydrogen-bond acceptors (Lipinski definition) is 6. The minimum atomic E-state index is -0.307. The van der Waals surface area contributed by atoms with Gasteiger partial charge in [0.05, 0.1) is 23.1 Å². The summed E-state index contributed by atoms with van der Waals surface area (Å²) in [7, 11) is 0. The van der Waals surface area contributed by atoms with E-state index in [4.69, 9.17) is 4.74 Å². The van der Waals surface area contributed by atoms with Crippen molar-refractivity contribution in [3.05, 3.63) is 72.3 Å². The Bertz CT molecular complexity index is 1510. The number of hydrogen-bond donors (Lipinski definition) is 2. The maximum Gasteiger partial charge on any atom is 0.201 e. The molecule has 0 saturated heterocycles. The van der Waals surface area contributed by atoms with Gasteiger partial charge in [0.15, 0.2) is 0 Å².